The standard InChI is InChI=1S/C23H27N5O3.HI/c1-3-25-23(26-12-17-5-4-6-20(11-17)30-15-21(24)29)27-13-19-14-31-22(28-19)18-9-7-16(2)8-10-18;/h4-11,14H,3,12-13,15H2,1-2H3,(H2,24,29)(H2,25,26,27);1H. The summed E-state index contributed by atoms with van der Waals surface area (Å²) in [5.41, 5.74) is 8.97. The highest BCUT2D eigenvalue weighted by molar-refractivity contribution is 14.0. The van der Waals surface area contributed by atoms with Gasteiger partial charge in [0.05, 0.1) is 18.8 Å². The van der Waals surface area contributed by atoms with Crippen molar-refractivity contribution in [3.8, 4) is 17.2 Å². The summed E-state index contributed by atoms with van der Waals surface area (Å²) < 4.78 is 10.9. The maximum Gasteiger partial charge on any atom is 0.255 e. The van der Waals surface area contributed by atoms with Crippen molar-refractivity contribution in [1.29, 1.82) is 0 Å². The first-order valence-corrected chi connectivity index (χ1v) is 10.1. The third-order valence-electron chi connectivity index (χ3n) is 4.33. The lowest BCUT2D eigenvalue weighted by atomic mass is 10.1. The topological polar surface area (TPSA) is 115 Å². The molecular weight excluding hydrogens is 521 g/mol. The van der Waals surface area contributed by atoms with Crippen LogP contribution in [0.1, 0.15) is 23.7 Å². The number of rotatable bonds is 9. The Labute approximate surface area is 204 Å². The molecule has 3 aromatic rings. The van der Waals surface area contributed by atoms with Gasteiger partial charge in [0.1, 0.15) is 12.0 Å². The van der Waals surface area contributed by atoms with Crippen LogP contribution in [0.25, 0.3) is 11.5 Å². The number of carbonyl (C=O) groups is 1. The molecule has 0 spiro atoms. The van der Waals surface area contributed by atoms with E-state index in [1.165, 1.54) is 5.56 Å². The van der Waals surface area contributed by atoms with Crippen LogP contribution in [-0.4, -0.2) is 30.0 Å². The fourth-order valence-corrected chi connectivity index (χ4v) is 2.79. The first-order chi connectivity index (χ1) is 15.0. The number of nitrogens with one attached hydrogen (secondary N) is 2. The van der Waals surface area contributed by atoms with Gasteiger partial charge in [0.25, 0.3) is 5.91 Å². The molecule has 0 radical (unpaired) electrons. The Hall–Kier alpha value is -3.08. The molecule has 0 bridgehead atoms. The normalized spacial score (nSPS) is 10.9. The molecule has 1 aromatic heterocycles. The van der Waals surface area contributed by atoms with E-state index in [2.05, 4.69) is 20.6 Å². The van der Waals surface area contributed by atoms with Crippen LogP contribution >= 0.6 is 24.0 Å². The number of nitrogens with zero attached hydrogens (tertiary/aromatic N) is 2. The Kier molecular flexibility index (Phi) is 9.99. The van der Waals surface area contributed by atoms with Crippen LogP contribution in [0.2, 0.25) is 0 Å². The van der Waals surface area contributed by atoms with Gasteiger partial charge in [-0.3, -0.25) is 4.79 Å². The Morgan fingerprint density at radius 3 is 2.69 bits per heavy atom. The van der Waals surface area contributed by atoms with E-state index in [4.69, 9.17) is 14.9 Å². The number of amides is 1. The molecule has 0 saturated heterocycles. The number of oxazole rings is 1. The zero-order valence-electron chi connectivity index (χ0n) is 18.1. The Balaban J connectivity index is 0.00000363. The molecule has 4 N–H and O–H groups in total. The summed E-state index contributed by atoms with van der Waals surface area (Å²) in [6, 6.07) is 15.4. The average molecular weight is 549 g/mol. The van der Waals surface area contributed by atoms with Crippen LogP contribution in [0.5, 0.6) is 5.75 Å². The van der Waals surface area contributed by atoms with Gasteiger partial charge >= 0.3 is 0 Å². The van der Waals surface area contributed by atoms with Gasteiger partial charge in [0.15, 0.2) is 12.6 Å². The summed E-state index contributed by atoms with van der Waals surface area (Å²) in [4.78, 5) is 20.0. The van der Waals surface area contributed by atoms with Crippen LogP contribution < -0.4 is 21.1 Å². The van der Waals surface area contributed by atoms with Gasteiger partial charge in [0, 0.05) is 12.1 Å². The molecule has 0 fully saturated rings. The Morgan fingerprint density at radius 1 is 1.19 bits per heavy atom. The second-order valence-electron chi connectivity index (χ2n) is 6.96. The fourth-order valence-electron chi connectivity index (χ4n) is 2.79. The number of benzene rings is 2. The van der Waals surface area contributed by atoms with E-state index in [9.17, 15) is 4.79 Å². The third-order valence-corrected chi connectivity index (χ3v) is 4.33. The van der Waals surface area contributed by atoms with E-state index in [0.29, 0.717) is 30.7 Å². The van der Waals surface area contributed by atoms with Crippen LogP contribution in [0.3, 0.4) is 0 Å². The number of guanidine groups is 1. The predicted octanol–water partition coefficient (Wildman–Crippen LogP) is 3.39. The van der Waals surface area contributed by atoms with Gasteiger partial charge in [-0.25, -0.2) is 9.98 Å². The zero-order valence-corrected chi connectivity index (χ0v) is 20.5. The Morgan fingerprint density at radius 2 is 1.97 bits per heavy atom. The molecule has 3 rings (SSSR count). The van der Waals surface area contributed by atoms with Gasteiger partial charge in [-0.2, -0.15) is 0 Å². The van der Waals surface area contributed by atoms with E-state index in [1.807, 2.05) is 56.3 Å². The summed E-state index contributed by atoms with van der Waals surface area (Å²) in [6.45, 7) is 5.53. The zero-order chi connectivity index (χ0) is 22.1. The van der Waals surface area contributed by atoms with Crippen molar-refractivity contribution in [3.05, 3.63) is 71.6 Å². The largest absolute Gasteiger partial charge is 0.484 e. The molecule has 0 saturated carbocycles. The molecular formula is C23H28IN5O3. The van der Waals surface area contributed by atoms with Gasteiger partial charge in [0.2, 0.25) is 5.89 Å². The van der Waals surface area contributed by atoms with Crippen molar-refractivity contribution in [2.45, 2.75) is 26.9 Å². The number of aryl methyl sites for hydroxylation is 1. The lowest BCUT2D eigenvalue weighted by Gasteiger charge is -2.10. The van der Waals surface area contributed by atoms with Crippen molar-refractivity contribution in [2.75, 3.05) is 13.2 Å². The highest BCUT2D eigenvalue weighted by Gasteiger charge is 2.07. The fraction of sp³-hybridized carbons (Fsp3) is 0.261. The number of hydrogen-bond acceptors (Lipinski definition) is 5. The lowest BCUT2D eigenvalue weighted by Crippen LogP contribution is -2.36. The van der Waals surface area contributed by atoms with E-state index in [1.54, 1.807) is 12.3 Å². The van der Waals surface area contributed by atoms with E-state index in [-0.39, 0.29) is 30.6 Å². The lowest BCUT2D eigenvalue weighted by molar-refractivity contribution is -0.119. The summed E-state index contributed by atoms with van der Waals surface area (Å²) >= 11 is 0. The van der Waals surface area contributed by atoms with Crippen molar-refractivity contribution in [3.63, 3.8) is 0 Å². The van der Waals surface area contributed by atoms with Crippen molar-refractivity contribution in [2.24, 2.45) is 10.7 Å². The minimum atomic E-state index is -0.513. The Bertz CT molecular complexity index is 1030. The minimum Gasteiger partial charge on any atom is -0.484 e. The molecule has 0 unspecified atom stereocenters. The molecule has 9 heteroatoms. The molecule has 0 aliphatic heterocycles. The number of halogens is 1. The smallest absolute Gasteiger partial charge is 0.255 e. The van der Waals surface area contributed by atoms with Crippen molar-refractivity contribution in [1.82, 2.24) is 15.6 Å². The molecule has 1 heterocycles. The van der Waals surface area contributed by atoms with Crippen molar-refractivity contribution < 1.29 is 13.9 Å². The molecule has 170 valence electrons. The predicted molar refractivity (Wildman–Crippen MR) is 135 cm³/mol. The first kappa shape index (κ1) is 25.2. The maximum absolute atomic E-state index is 10.9. The van der Waals surface area contributed by atoms with Gasteiger partial charge in [-0.15, -0.1) is 24.0 Å². The number of aliphatic imine (C=N–C) groups is 1. The van der Waals surface area contributed by atoms with Crippen LogP contribution in [0, 0.1) is 6.92 Å². The molecule has 8 nitrogen and oxygen atoms in total. The van der Waals surface area contributed by atoms with Gasteiger partial charge in [-0.1, -0.05) is 29.8 Å². The SMILES string of the molecule is CCNC(=NCc1cccc(OCC(N)=O)c1)NCc1coc(-c2ccc(C)cc2)n1.I. The quantitative estimate of drug-likeness (QED) is 0.214. The number of nitrogens with two attached hydrogens (primary N) is 1. The third kappa shape index (κ3) is 7.88. The summed E-state index contributed by atoms with van der Waals surface area (Å²) in [5.74, 6) is 1.31. The molecule has 1 amide bonds. The van der Waals surface area contributed by atoms with Crippen molar-refractivity contribution >= 4 is 35.8 Å². The van der Waals surface area contributed by atoms with E-state index < -0.39 is 5.91 Å². The van der Waals surface area contributed by atoms with Gasteiger partial charge in [-0.05, 0) is 43.7 Å². The average Bonchev–Trinajstić information content (AvgIpc) is 3.24. The monoisotopic (exact) mass is 549 g/mol. The van der Waals surface area contributed by atoms with Crippen LogP contribution in [0.15, 0.2) is 64.2 Å². The molecule has 0 atom stereocenters. The van der Waals surface area contributed by atoms with E-state index in [0.717, 1.165) is 23.4 Å². The van der Waals surface area contributed by atoms with Crippen LogP contribution in [-0.2, 0) is 17.9 Å². The minimum absolute atomic E-state index is 0. The summed E-state index contributed by atoms with van der Waals surface area (Å²) in [7, 11) is 0. The second-order valence-corrected chi connectivity index (χ2v) is 6.96. The van der Waals surface area contributed by atoms with E-state index >= 15 is 0 Å². The molecule has 32 heavy (non-hydrogen) atoms. The maximum atomic E-state index is 10.9. The summed E-state index contributed by atoms with van der Waals surface area (Å²) in [6.07, 6.45) is 1.64. The molecule has 0 aliphatic carbocycles. The van der Waals surface area contributed by atoms with Gasteiger partial charge < -0.3 is 25.5 Å². The van der Waals surface area contributed by atoms with Crippen LogP contribution in [0.4, 0.5) is 0 Å². The number of primary amides is 1. The number of ether oxygens (including phenoxy) is 1. The second kappa shape index (κ2) is 12.7. The highest BCUT2D eigenvalue weighted by atomic mass is 127. The highest BCUT2D eigenvalue weighted by Crippen LogP contribution is 2.19. The number of carbonyl (C=O) groups excluding carboxylic acids is 1. The molecule has 0 aliphatic rings. The number of aromatic nitrogens is 1. The summed E-state index contributed by atoms with van der Waals surface area (Å²) in [5, 5.41) is 6.47. The number of hydrogen-bond donors (Lipinski definition) is 3. The first-order valence-electron chi connectivity index (χ1n) is 10.1. The molecule has 2 aromatic carbocycles.